The van der Waals surface area contributed by atoms with Crippen LogP contribution in [0.2, 0.25) is 0 Å². The van der Waals surface area contributed by atoms with Gasteiger partial charge in [-0.05, 0) is 33.6 Å². The number of hydrogen-bond acceptors (Lipinski definition) is 4. The Bertz CT molecular complexity index is 539. The lowest BCUT2D eigenvalue weighted by atomic mass is 10.2. The highest BCUT2D eigenvalue weighted by Crippen LogP contribution is 2.22. The molecule has 7 nitrogen and oxygen atoms in total. The quantitative estimate of drug-likeness (QED) is 0.546. The van der Waals surface area contributed by atoms with Crippen LogP contribution in [0.4, 0.5) is 5.69 Å². The molecule has 0 N–H and O–H groups in total. The van der Waals surface area contributed by atoms with Gasteiger partial charge < -0.3 is 4.90 Å². The van der Waals surface area contributed by atoms with Gasteiger partial charge in [-0.1, -0.05) is 20.3 Å². The highest BCUT2D eigenvalue weighted by atomic mass is 16.6. The minimum Gasteiger partial charge on any atom is -0.338 e. The maximum Gasteiger partial charge on any atom is 0.312 e. The van der Waals surface area contributed by atoms with Crippen LogP contribution in [0.3, 0.4) is 0 Å². The number of unbranched alkanes of at least 4 members (excludes halogenated alkanes) is 1. The van der Waals surface area contributed by atoms with Crippen LogP contribution in [0, 0.1) is 24.0 Å². The number of nitro groups is 1. The number of aromatic nitrogens is 2. The largest absolute Gasteiger partial charge is 0.338 e. The molecule has 0 aliphatic heterocycles. The van der Waals surface area contributed by atoms with Crippen LogP contribution in [-0.4, -0.2) is 38.1 Å². The predicted molar refractivity (Wildman–Crippen MR) is 84.7 cm³/mol. The number of rotatable bonds is 8. The lowest BCUT2D eigenvalue weighted by molar-refractivity contribution is -0.386. The molecule has 0 saturated heterocycles. The van der Waals surface area contributed by atoms with Gasteiger partial charge in [0.1, 0.15) is 17.9 Å². The molecule has 0 fully saturated rings. The second kappa shape index (κ2) is 7.91. The van der Waals surface area contributed by atoms with E-state index in [0.717, 1.165) is 19.3 Å². The average Bonchev–Trinajstić information content (AvgIpc) is 2.73. The summed E-state index contributed by atoms with van der Waals surface area (Å²) < 4.78 is 1.44. The molecule has 0 spiro atoms. The number of aryl methyl sites for hydroxylation is 1. The standard InChI is InChI=1S/C15H26N4O3/c1-6-8-9-17(11(3)7-2)14(20)10-18-13(5)15(19(21)22)12(4)16-18/h11H,6-10H2,1-5H3/t11-/m1/s1. The molecule has 22 heavy (non-hydrogen) atoms. The molecule has 1 aromatic heterocycles. The summed E-state index contributed by atoms with van der Waals surface area (Å²) in [6.07, 6.45) is 2.85. The molecule has 1 heterocycles. The van der Waals surface area contributed by atoms with Crippen LogP contribution in [0.15, 0.2) is 0 Å². The van der Waals surface area contributed by atoms with Crippen LogP contribution < -0.4 is 0 Å². The first-order chi connectivity index (χ1) is 10.3. The van der Waals surface area contributed by atoms with E-state index in [1.165, 1.54) is 4.68 Å². The van der Waals surface area contributed by atoms with Gasteiger partial charge in [-0.3, -0.25) is 19.6 Å². The predicted octanol–water partition coefficient (Wildman–Crippen LogP) is 2.84. The Balaban J connectivity index is 2.94. The third kappa shape index (κ3) is 4.05. The average molecular weight is 310 g/mol. The first-order valence-electron chi connectivity index (χ1n) is 7.81. The molecule has 0 aromatic carbocycles. The van der Waals surface area contributed by atoms with Gasteiger partial charge in [-0.25, -0.2) is 0 Å². The highest BCUT2D eigenvalue weighted by molar-refractivity contribution is 5.76. The van der Waals surface area contributed by atoms with E-state index in [9.17, 15) is 14.9 Å². The third-order valence-electron chi connectivity index (χ3n) is 4.01. The van der Waals surface area contributed by atoms with Crippen LogP contribution >= 0.6 is 0 Å². The molecule has 0 unspecified atom stereocenters. The molecule has 7 heteroatoms. The van der Waals surface area contributed by atoms with Crippen LogP contribution in [0.1, 0.15) is 51.4 Å². The summed E-state index contributed by atoms with van der Waals surface area (Å²) in [5, 5.41) is 15.2. The topological polar surface area (TPSA) is 81.3 Å². The minimum absolute atomic E-state index is 0.00329. The van der Waals surface area contributed by atoms with Crippen molar-refractivity contribution >= 4 is 11.6 Å². The summed E-state index contributed by atoms with van der Waals surface area (Å²) in [6.45, 7) is 10.1. The van der Waals surface area contributed by atoms with E-state index < -0.39 is 4.92 Å². The van der Waals surface area contributed by atoms with Gasteiger partial charge in [0.25, 0.3) is 0 Å². The van der Waals surface area contributed by atoms with Crippen molar-refractivity contribution < 1.29 is 9.72 Å². The van der Waals surface area contributed by atoms with E-state index >= 15 is 0 Å². The zero-order valence-corrected chi connectivity index (χ0v) is 14.1. The van der Waals surface area contributed by atoms with E-state index in [1.54, 1.807) is 13.8 Å². The Morgan fingerprint density at radius 3 is 2.50 bits per heavy atom. The summed E-state index contributed by atoms with van der Waals surface area (Å²) in [4.78, 5) is 25.0. The molecule has 1 amide bonds. The zero-order chi connectivity index (χ0) is 16.9. The Kier molecular flexibility index (Phi) is 6.52. The summed E-state index contributed by atoms with van der Waals surface area (Å²) in [6, 6.07) is 0.158. The van der Waals surface area contributed by atoms with Crippen molar-refractivity contribution in [1.82, 2.24) is 14.7 Å². The minimum atomic E-state index is -0.442. The summed E-state index contributed by atoms with van der Waals surface area (Å²) in [5.41, 5.74) is 0.769. The second-order valence-electron chi connectivity index (χ2n) is 5.63. The zero-order valence-electron chi connectivity index (χ0n) is 14.1. The van der Waals surface area contributed by atoms with E-state index in [2.05, 4.69) is 12.0 Å². The van der Waals surface area contributed by atoms with Crippen LogP contribution in [0.5, 0.6) is 0 Å². The molecule has 0 saturated carbocycles. The Morgan fingerprint density at radius 2 is 2.05 bits per heavy atom. The first-order valence-corrected chi connectivity index (χ1v) is 7.81. The normalized spacial score (nSPS) is 12.2. The van der Waals surface area contributed by atoms with Gasteiger partial charge >= 0.3 is 5.69 Å². The third-order valence-corrected chi connectivity index (χ3v) is 4.01. The fraction of sp³-hybridized carbons (Fsp3) is 0.733. The number of carbonyl (C=O) groups excluding carboxylic acids is 1. The van der Waals surface area contributed by atoms with E-state index in [4.69, 9.17) is 0 Å². The Hall–Kier alpha value is -1.92. The number of carbonyl (C=O) groups is 1. The van der Waals surface area contributed by atoms with Gasteiger partial charge in [0.05, 0.1) is 4.92 Å². The van der Waals surface area contributed by atoms with Crippen LogP contribution in [0.25, 0.3) is 0 Å². The molecule has 124 valence electrons. The molecular formula is C15H26N4O3. The number of nitrogens with zero attached hydrogens (tertiary/aromatic N) is 4. The van der Waals surface area contributed by atoms with Crippen molar-refractivity contribution in [3.8, 4) is 0 Å². The highest BCUT2D eigenvalue weighted by Gasteiger charge is 2.25. The maximum atomic E-state index is 12.6. The SMILES string of the molecule is CCCCN(C(=O)Cn1nc(C)c([N+](=O)[O-])c1C)[C@H](C)CC. The molecular weight excluding hydrogens is 284 g/mol. The van der Waals surface area contributed by atoms with Crippen molar-refractivity contribution in [2.24, 2.45) is 0 Å². The Labute approximate surface area is 131 Å². The van der Waals surface area contributed by atoms with E-state index in [-0.39, 0.29) is 24.2 Å². The number of hydrogen-bond donors (Lipinski definition) is 0. The van der Waals surface area contributed by atoms with E-state index in [1.807, 2.05) is 18.7 Å². The molecule has 1 atom stereocenters. The van der Waals surface area contributed by atoms with Crippen molar-refractivity contribution in [3.05, 3.63) is 21.5 Å². The fourth-order valence-corrected chi connectivity index (χ4v) is 2.46. The monoisotopic (exact) mass is 310 g/mol. The van der Waals surface area contributed by atoms with Crippen molar-refractivity contribution in [1.29, 1.82) is 0 Å². The van der Waals surface area contributed by atoms with Gasteiger partial charge in [-0.15, -0.1) is 0 Å². The first kappa shape index (κ1) is 18.1. The summed E-state index contributed by atoms with van der Waals surface area (Å²) in [7, 11) is 0. The lowest BCUT2D eigenvalue weighted by Gasteiger charge is -2.28. The summed E-state index contributed by atoms with van der Waals surface area (Å²) >= 11 is 0. The molecule has 1 rings (SSSR count). The van der Waals surface area contributed by atoms with Gasteiger partial charge in [0.15, 0.2) is 0 Å². The van der Waals surface area contributed by atoms with Crippen molar-refractivity contribution in [2.45, 2.75) is 66.5 Å². The summed E-state index contributed by atoms with van der Waals surface area (Å²) in [5.74, 6) is -0.0386. The Morgan fingerprint density at radius 1 is 1.41 bits per heavy atom. The van der Waals surface area contributed by atoms with Gasteiger partial charge in [-0.2, -0.15) is 5.10 Å². The lowest BCUT2D eigenvalue weighted by Crippen LogP contribution is -2.41. The van der Waals surface area contributed by atoms with Crippen LogP contribution in [-0.2, 0) is 11.3 Å². The molecule has 1 aromatic rings. The van der Waals surface area contributed by atoms with E-state index in [0.29, 0.717) is 17.9 Å². The van der Waals surface area contributed by atoms with Gasteiger partial charge in [0, 0.05) is 12.6 Å². The molecule has 0 aliphatic carbocycles. The van der Waals surface area contributed by atoms with Crippen molar-refractivity contribution in [2.75, 3.05) is 6.54 Å². The van der Waals surface area contributed by atoms with Crippen molar-refractivity contribution in [3.63, 3.8) is 0 Å². The number of amides is 1. The maximum absolute atomic E-state index is 12.6. The fourth-order valence-electron chi connectivity index (χ4n) is 2.46. The molecule has 0 aliphatic rings. The molecule has 0 radical (unpaired) electrons. The van der Waals surface area contributed by atoms with Gasteiger partial charge in [0.2, 0.25) is 5.91 Å². The second-order valence-corrected chi connectivity index (χ2v) is 5.63. The smallest absolute Gasteiger partial charge is 0.312 e. The molecule has 0 bridgehead atoms.